The smallest absolute Gasteiger partial charge is 0.308 e. The molecule has 28 heavy (non-hydrogen) atoms. The molecule has 0 radical (unpaired) electrons. The quantitative estimate of drug-likeness (QED) is 0.619. The van der Waals surface area contributed by atoms with Crippen LogP contribution in [0.15, 0.2) is 12.1 Å². The summed E-state index contributed by atoms with van der Waals surface area (Å²) in [6.07, 6.45) is 3.34. The van der Waals surface area contributed by atoms with Gasteiger partial charge in [-0.05, 0) is 49.8 Å². The Kier molecular flexibility index (Phi) is 4.07. The SMILES string of the molecule is CCN(CC1CC1)[C@@H]1Cc2ccc(OC(C)=O)c3c2C2[C@@H](O3)C(=O)CC[C@]21O. The van der Waals surface area contributed by atoms with Crippen molar-refractivity contribution in [3.63, 3.8) is 0 Å². The van der Waals surface area contributed by atoms with Crippen LogP contribution in [0.2, 0.25) is 0 Å². The number of ether oxygens (including phenoxy) is 2. The molecule has 1 aliphatic heterocycles. The molecule has 5 rings (SSSR count). The zero-order valence-electron chi connectivity index (χ0n) is 16.4. The van der Waals surface area contributed by atoms with Gasteiger partial charge in [-0.3, -0.25) is 14.5 Å². The third kappa shape index (κ3) is 2.61. The Bertz CT molecular complexity index is 848. The second-order valence-corrected chi connectivity index (χ2v) is 8.78. The maximum Gasteiger partial charge on any atom is 0.308 e. The van der Waals surface area contributed by atoms with E-state index < -0.39 is 17.7 Å². The van der Waals surface area contributed by atoms with Gasteiger partial charge in [-0.25, -0.2) is 0 Å². The minimum Gasteiger partial charge on any atom is -0.478 e. The number of hydrogen-bond donors (Lipinski definition) is 1. The van der Waals surface area contributed by atoms with Gasteiger partial charge in [-0.15, -0.1) is 0 Å². The van der Waals surface area contributed by atoms with Crippen LogP contribution in [-0.2, 0) is 16.0 Å². The minimum absolute atomic E-state index is 0.0245. The fraction of sp³-hybridized carbons (Fsp3) is 0.636. The lowest BCUT2D eigenvalue weighted by Crippen LogP contribution is -2.64. The van der Waals surface area contributed by atoms with Crippen LogP contribution in [0.1, 0.15) is 56.6 Å². The van der Waals surface area contributed by atoms with Crippen molar-refractivity contribution in [2.24, 2.45) is 5.92 Å². The molecule has 6 heteroatoms. The molecule has 1 N–H and O–H groups in total. The Hall–Kier alpha value is -1.92. The number of Topliss-reactive ketones (excluding diaryl/α,β-unsaturated/α-hetero) is 1. The molecule has 1 heterocycles. The van der Waals surface area contributed by atoms with Gasteiger partial charge in [0.25, 0.3) is 0 Å². The molecule has 0 saturated heterocycles. The van der Waals surface area contributed by atoms with Gasteiger partial charge in [0.1, 0.15) is 0 Å². The molecule has 6 nitrogen and oxygen atoms in total. The van der Waals surface area contributed by atoms with Gasteiger partial charge < -0.3 is 14.6 Å². The Morgan fingerprint density at radius 2 is 2.18 bits per heavy atom. The first-order valence-corrected chi connectivity index (χ1v) is 10.4. The number of likely N-dealkylation sites (N-methyl/N-ethyl adjacent to an activating group) is 1. The number of carbonyl (C=O) groups excluding carboxylic acids is 2. The van der Waals surface area contributed by atoms with Crippen molar-refractivity contribution >= 4 is 11.8 Å². The molecule has 0 amide bonds. The molecular weight excluding hydrogens is 358 g/mol. The molecule has 1 aromatic carbocycles. The molecule has 4 atom stereocenters. The van der Waals surface area contributed by atoms with Crippen molar-refractivity contribution < 1.29 is 24.2 Å². The molecule has 1 unspecified atom stereocenters. The van der Waals surface area contributed by atoms with Crippen LogP contribution in [-0.4, -0.2) is 52.6 Å². The highest BCUT2D eigenvalue weighted by Gasteiger charge is 2.62. The van der Waals surface area contributed by atoms with Crippen LogP contribution in [0.4, 0.5) is 0 Å². The van der Waals surface area contributed by atoms with Crippen LogP contribution < -0.4 is 9.47 Å². The number of esters is 1. The third-order valence-electron chi connectivity index (χ3n) is 7.02. The van der Waals surface area contributed by atoms with E-state index >= 15 is 0 Å². The number of carbonyl (C=O) groups is 2. The van der Waals surface area contributed by atoms with E-state index in [0.717, 1.165) is 36.6 Å². The molecule has 0 aromatic heterocycles. The van der Waals surface area contributed by atoms with Gasteiger partial charge in [0, 0.05) is 31.5 Å². The monoisotopic (exact) mass is 385 g/mol. The summed E-state index contributed by atoms with van der Waals surface area (Å²) in [5.41, 5.74) is 0.964. The predicted octanol–water partition coefficient (Wildman–Crippen LogP) is 2.21. The summed E-state index contributed by atoms with van der Waals surface area (Å²) in [5, 5.41) is 11.9. The van der Waals surface area contributed by atoms with Crippen LogP contribution in [0.3, 0.4) is 0 Å². The van der Waals surface area contributed by atoms with E-state index in [9.17, 15) is 14.7 Å². The maximum absolute atomic E-state index is 12.7. The van der Waals surface area contributed by atoms with Crippen molar-refractivity contribution in [2.75, 3.05) is 13.1 Å². The van der Waals surface area contributed by atoms with Crippen molar-refractivity contribution in [3.8, 4) is 11.5 Å². The molecule has 2 fully saturated rings. The summed E-state index contributed by atoms with van der Waals surface area (Å²) in [5.74, 6) is 0.761. The highest BCUT2D eigenvalue weighted by Crippen LogP contribution is 2.58. The van der Waals surface area contributed by atoms with E-state index in [0.29, 0.717) is 24.3 Å². The Balaban J connectivity index is 1.61. The summed E-state index contributed by atoms with van der Waals surface area (Å²) < 4.78 is 11.4. The maximum atomic E-state index is 12.7. The fourth-order valence-corrected chi connectivity index (χ4v) is 5.54. The molecule has 4 aliphatic rings. The number of hydrogen-bond acceptors (Lipinski definition) is 6. The molecule has 0 bridgehead atoms. The topological polar surface area (TPSA) is 76.1 Å². The van der Waals surface area contributed by atoms with Gasteiger partial charge >= 0.3 is 5.97 Å². The second kappa shape index (κ2) is 6.29. The number of aliphatic hydroxyl groups is 1. The molecular formula is C22H27NO5. The van der Waals surface area contributed by atoms with Crippen molar-refractivity contribution in [1.29, 1.82) is 0 Å². The summed E-state index contributed by atoms with van der Waals surface area (Å²) in [7, 11) is 0. The number of benzene rings is 1. The number of nitrogens with zero attached hydrogens (tertiary/aromatic N) is 1. The van der Waals surface area contributed by atoms with Crippen LogP contribution in [0.5, 0.6) is 11.5 Å². The summed E-state index contributed by atoms with van der Waals surface area (Å²) in [6, 6.07) is 3.70. The average Bonchev–Trinajstić information content (AvgIpc) is 3.37. The fourth-order valence-electron chi connectivity index (χ4n) is 5.54. The zero-order chi connectivity index (χ0) is 19.6. The summed E-state index contributed by atoms with van der Waals surface area (Å²) in [6.45, 7) is 5.38. The van der Waals surface area contributed by atoms with Gasteiger partial charge in [0.05, 0.1) is 11.5 Å². The molecule has 3 aliphatic carbocycles. The Labute approximate surface area is 164 Å². The van der Waals surface area contributed by atoms with E-state index in [-0.39, 0.29) is 17.7 Å². The first kappa shape index (κ1) is 18.1. The first-order chi connectivity index (χ1) is 13.4. The summed E-state index contributed by atoms with van der Waals surface area (Å²) in [4.78, 5) is 26.6. The van der Waals surface area contributed by atoms with Crippen molar-refractivity contribution in [2.45, 2.75) is 69.6 Å². The van der Waals surface area contributed by atoms with E-state index in [2.05, 4.69) is 11.8 Å². The molecule has 2 saturated carbocycles. The number of ketones is 1. The van der Waals surface area contributed by atoms with E-state index in [1.165, 1.54) is 19.8 Å². The normalized spacial score (nSPS) is 32.9. The Morgan fingerprint density at radius 1 is 1.39 bits per heavy atom. The van der Waals surface area contributed by atoms with E-state index in [4.69, 9.17) is 9.47 Å². The Morgan fingerprint density at radius 3 is 2.86 bits per heavy atom. The molecule has 150 valence electrons. The van der Waals surface area contributed by atoms with E-state index in [1.807, 2.05) is 6.07 Å². The zero-order valence-corrected chi connectivity index (χ0v) is 16.4. The van der Waals surface area contributed by atoms with Gasteiger partial charge in [0.2, 0.25) is 0 Å². The van der Waals surface area contributed by atoms with Crippen molar-refractivity contribution in [1.82, 2.24) is 4.90 Å². The first-order valence-electron chi connectivity index (χ1n) is 10.4. The number of rotatable bonds is 5. The highest BCUT2D eigenvalue weighted by molar-refractivity contribution is 5.88. The standard InChI is InChI=1S/C22H27NO5/c1-3-23(11-13-4-5-13)17-10-14-6-7-16(27-12(2)24)21-18(14)19-20(28-21)15(25)8-9-22(17,19)26/h6-7,13,17,19-20,26H,3-5,8-11H2,1-2H3/t17-,19?,20+,22-/m1/s1. The minimum atomic E-state index is -1.00. The third-order valence-corrected chi connectivity index (χ3v) is 7.02. The van der Waals surface area contributed by atoms with Crippen LogP contribution in [0.25, 0.3) is 0 Å². The van der Waals surface area contributed by atoms with Gasteiger partial charge in [0.15, 0.2) is 23.4 Å². The average molecular weight is 385 g/mol. The van der Waals surface area contributed by atoms with Crippen LogP contribution in [0, 0.1) is 5.92 Å². The lowest BCUT2D eigenvalue weighted by atomic mass is 9.61. The summed E-state index contributed by atoms with van der Waals surface area (Å²) >= 11 is 0. The lowest BCUT2D eigenvalue weighted by Gasteiger charge is -2.52. The predicted molar refractivity (Wildman–Crippen MR) is 102 cm³/mol. The highest BCUT2D eigenvalue weighted by atomic mass is 16.6. The molecule has 0 spiro atoms. The van der Waals surface area contributed by atoms with Crippen molar-refractivity contribution in [3.05, 3.63) is 23.3 Å². The lowest BCUT2D eigenvalue weighted by molar-refractivity contribution is -0.147. The van der Waals surface area contributed by atoms with E-state index in [1.54, 1.807) is 6.07 Å². The van der Waals surface area contributed by atoms with Gasteiger partial charge in [-0.1, -0.05) is 13.0 Å². The van der Waals surface area contributed by atoms with Gasteiger partial charge in [-0.2, -0.15) is 0 Å². The van der Waals surface area contributed by atoms with Crippen LogP contribution >= 0.6 is 0 Å². The largest absolute Gasteiger partial charge is 0.478 e. The molecule has 1 aromatic rings. The second-order valence-electron chi connectivity index (χ2n) is 8.78.